The molecule has 0 saturated carbocycles. The third-order valence-electron chi connectivity index (χ3n) is 11.2. The van der Waals surface area contributed by atoms with Gasteiger partial charge in [-0.15, -0.1) is 0 Å². The maximum atomic E-state index is 9.88. The van der Waals surface area contributed by atoms with Gasteiger partial charge in [-0.25, -0.2) is 4.98 Å². The van der Waals surface area contributed by atoms with Gasteiger partial charge in [0.05, 0.1) is 34.1 Å². The van der Waals surface area contributed by atoms with Crippen LogP contribution in [0.25, 0.3) is 83.4 Å². The minimum atomic E-state index is -0.134. The predicted octanol–water partition coefficient (Wildman–Crippen LogP) is 13.0. The summed E-state index contributed by atoms with van der Waals surface area (Å²) in [7, 11) is 0. The van der Waals surface area contributed by atoms with Gasteiger partial charge in [-0.1, -0.05) is 129 Å². The smallest absolute Gasteiger partial charge is 0.0991 e. The fraction of sp³-hybridized carbons (Fsp3) is 0.0588. The second kappa shape index (κ2) is 12.3. The Bertz CT molecular complexity index is 2900. The molecule has 1 aliphatic carbocycles. The maximum Gasteiger partial charge on any atom is 0.0991 e. The number of benzene rings is 7. The van der Waals surface area contributed by atoms with Crippen LogP contribution in [-0.2, 0) is 5.41 Å². The Kier molecular flexibility index (Phi) is 7.22. The normalized spacial score (nSPS) is 12.8. The monoisotopic (exact) mass is 689 g/mol. The summed E-state index contributed by atoms with van der Waals surface area (Å²) in [6.45, 7) is 4.69. The van der Waals surface area contributed by atoms with Crippen LogP contribution < -0.4 is 0 Å². The van der Waals surface area contributed by atoms with Gasteiger partial charge >= 0.3 is 0 Å². The lowest BCUT2D eigenvalue weighted by molar-refractivity contribution is 0.661. The Morgan fingerprint density at radius 2 is 1.07 bits per heavy atom. The number of fused-ring (bicyclic) bond motifs is 6. The SMILES string of the molecule is CC1(C)c2ccccc2-c2cc3c4ccccc4n(-c4cc(-c5cccc(C#N)c5)cc(-c5cc(-c6ccccc6)nc(-c6ccccc6)c5)c4)c3cc21. The van der Waals surface area contributed by atoms with Crippen molar-refractivity contribution >= 4 is 21.8 Å². The van der Waals surface area contributed by atoms with Crippen molar-refractivity contribution in [3.05, 3.63) is 193 Å². The molecule has 10 rings (SSSR count). The van der Waals surface area contributed by atoms with Crippen LogP contribution in [0, 0.1) is 11.3 Å². The largest absolute Gasteiger partial charge is 0.309 e. The molecule has 0 bridgehead atoms. The number of hydrogen-bond donors (Lipinski definition) is 0. The van der Waals surface area contributed by atoms with Crippen molar-refractivity contribution in [3.8, 4) is 67.7 Å². The fourth-order valence-corrected chi connectivity index (χ4v) is 8.49. The Labute approximate surface area is 315 Å². The molecule has 9 aromatic rings. The molecule has 0 saturated heterocycles. The highest BCUT2D eigenvalue weighted by Crippen LogP contribution is 2.51. The first kappa shape index (κ1) is 31.7. The molecule has 0 radical (unpaired) electrons. The Morgan fingerprint density at radius 1 is 0.463 bits per heavy atom. The summed E-state index contributed by atoms with van der Waals surface area (Å²) in [6, 6.07) is 64.7. The molecular formula is C51H35N3. The van der Waals surface area contributed by atoms with E-state index in [-0.39, 0.29) is 5.41 Å². The Hall–Kier alpha value is -7.02. The number of aromatic nitrogens is 2. The predicted molar refractivity (Wildman–Crippen MR) is 223 cm³/mol. The number of para-hydroxylation sites is 1. The number of nitriles is 1. The summed E-state index contributed by atoms with van der Waals surface area (Å²) < 4.78 is 2.43. The molecule has 0 spiro atoms. The first-order chi connectivity index (χ1) is 26.5. The lowest BCUT2D eigenvalue weighted by Gasteiger charge is -2.22. The van der Waals surface area contributed by atoms with Crippen molar-refractivity contribution in [3.63, 3.8) is 0 Å². The molecule has 0 fully saturated rings. The summed E-state index contributed by atoms with van der Waals surface area (Å²) in [4.78, 5) is 5.18. The van der Waals surface area contributed by atoms with Crippen LogP contribution in [0.1, 0.15) is 30.5 Å². The molecule has 2 heterocycles. The van der Waals surface area contributed by atoms with Crippen molar-refractivity contribution in [1.29, 1.82) is 5.26 Å². The molecule has 0 amide bonds. The molecule has 0 unspecified atom stereocenters. The molecule has 7 aromatic carbocycles. The zero-order chi connectivity index (χ0) is 36.4. The molecule has 1 aliphatic rings. The number of hydrogen-bond acceptors (Lipinski definition) is 2. The van der Waals surface area contributed by atoms with E-state index in [2.05, 4.69) is 170 Å². The maximum absolute atomic E-state index is 9.88. The average molecular weight is 690 g/mol. The third kappa shape index (κ3) is 5.07. The molecule has 0 atom stereocenters. The van der Waals surface area contributed by atoms with Crippen molar-refractivity contribution in [1.82, 2.24) is 9.55 Å². The molecule has 54 heavy (non-hydrogen) atoms. The molecule has 254 valence electrons. The van der Waals surface area contributed by atoms with Crippen LogP contribution >= 0.6 is 0 Å². The van der Waals surface area contributed by atoms with Gasteiger partial charge in [0.2, 0.25) is 0 Å². The number of nitrogens with zero attached hydrogens (tertiary/aromatic N) is 3. The van der Waals surface area contributed by atoms with Crippen LogP contribution in [0.3, 0.4) is 0 Å². The second-order valence-corrected chi connectivity index (χ2v) is 14.8. The summed E-state index contributed by atoms with van der Waals surface area (Å²) in [6.07, 6.45) is 0. The molecular weight excluding hydrogens is 655 g/mol. The van der Waals surface area contributed by atoms with Gasteiger partial charge in [0.15, 0.2) is 0 Å². The van der Waals surface area contributed by atoms with Gasteiger partial charge in [-0.2, -0.15) is 5.26 Å². The molecule has 3 nitrogen and oxygen atoms in total. The van der Waals surface area contributed by atoms with Gasteiger partial charge in [0.1, 0.15) is 0 Å². The number of rotatable bonds is 5. The van der Waals surface area contributed by atoms with E-state index in [1.54, 1.807) is 0 Å². The molecule has 0 N–H and O–H groups in total. The highest BCUT2D eigenvalue weighted by atomic mass is 15.0. The second-order valence-electron chi connectivity index (χ2n) is 14.8. The molecule has 0 aliphatic heterocycles. The van der Waals surface area contributed by atoms with Crippen molar-refractivity contribution in [2.24, 2.45) is 0 Å². The minimum Gasteiger partial charge on any atom is -0.309 e. The van der Waals surface area contributed by atoms with E-state index in [1.165, 1.54) is 38.5 Å². The highest BCUT2D eigenvalue weighted by molar-refractivity contribution is 6.11. The fourth-order valence-electron chi connectivity index (χ4n) is 8.49. The van der Waals surface area contributed by atoms with E-state index < -0.39 is 0 Å². The highest BCUT2D eigenvalue weighted by Gasteiger charge is 2.36. The zero-order valence-corrected chi connectivity index (χ0v) is 30.1. The van der Waals surface area contributed by atoms with E-state index in [9.17, 15) is 5.26 Å². The van der Waals surface area contributed by atoms with Gasteiger partial charge in [-0.05, 0) is 105 Å². The van der Waals surface area contributed by atoms with Crippen LogP contribution in [0.5, 0.6) is 0 Å². The van der Waals surface area contributed by atoms with Gasteiger partial charge in [-0.3, -0.25) is 0 Å². The van der Waals surface area contributed by atoms with E-state index in [4.69, 9.17) is 4.98 Å². The standard InChI is InChI=1S/C51H35N3/c1-51(2)45-22-11-9-20-41(45)43-30-44-42-21-10-12-23-49(42)54(50(44)31-46(43)51)40-26-37(36-19-13-14-33(24-36)32-52)25-38(27-40)39-28-47(34-15-5-3-6-16-34)53-48(29-39)35-17-7-4-8-18-35/h3-31H,1-2H3. The summed E-state index contributed by atoms with van der Waals surface area (Å²) in [5, 5.41) is 12.3. The van der Waals surface area contributed by atoms with Crippen LogP contribution in [-0.4, -0.2) is 9.55 Å². The zero-order valence-electron chi connectivity index (χ0n) is 30.1. The number of pyridine rings is 1. The summed E-state index contributed by atoms with van der Waals surface area (Å²) in [5.41, 5.74) is 17.4. The van der Waals surface area contributed by atoms with Crippen molar-refractivity contribution in [2.45, 2.75) is 19.3 Å². The Balaban J connectivity index is 1.27. The lowest BCUT2D eigenvalue weighted by Crippen LogP contribution is -2.15. The van der Waals surface area contributed by atoms with E-state index in [0.717, 1.165) is 56.0 Å². The topological polar surface area (TPSA) is 41.6 Å². The minimum absolute atomic E-state index is 0.134. The molecule has 3 heteroatoms. The van der Waals surface area contributed by atoms with Crippen molar-refractivity contribution in [2.75, 3.05) is 0 Å². The van der Waals surface area contributed by atoms with Gasteiger partial charge < -0.3 is 4.57 Å². The van der Waals surface area contributed by atoms with E-state index in [0.29, 0.717) is 5.56 Å². The van der Waals surface area contributed by atoms with Crippen LogP contribution in [0.4, 0.5) is 0 Å². The average Bonchev–Trinajstić information content (AvgIpc) is 3.68. The van der Waals surface area contributed by atoms with Gasteiger partial charge in [0.25, 0.3) is 0 Å². The van der Waals surface area contributed by atoms with E-state index >= 15 is 0 Å². The third-order valence-corrected chi connectivity index (χ3v) is 11.2. The van der Waals surface area contributed by atoms with Gasteiger partial charge in [0, 0.05) is 33.0 Å². The first-order valence-electron chi connectivity index (χ1n) is 18.4. The first-order valence-corrected chi connectivity index (χ1v) is 18.4. The summed E-state index contributed by atoms with van der Waals surface area (Å²) in [5.74, 6) is 0. The lowest BCUT2D eigenvalue weighted by atomic mass is 9.82. The summed E-state index contributed by atoms with van der Waals surface area (Å²) >= 11 is 0. The van der Waals surface area contributed by atoms with Crippen LogP contribution in [0.15, 0.2) is 176 Å². The van der Waals surface area contributed by atoms with Crippen LogP contribution in [0.2, 0.25) is 0 Å². The quantitative estimate of drug-likeness (QED) is 0.180. The molecule has 2 aromatic heterocycles. The Morgan fingerprint density at radius 3 is 1.80 bits per heavy atom. The van der Waals surface area contributed by atoms with Crippen molar-refractivity contribution < 1.29 is 0 Å². The van der Waals surface area contributed by atoms with E-state index in [1.807, 2.05) is 30.3 Å².